The maximum Gasteiger partial charge on any atom is 0.215 e. The zero-order valence-corrected chi connectivity index (χ0v) is 12.1. The van der Waals surface area contributed by atoms with Gasteiger partial charge in [-0.2, -0.15) is 5.26 Å². The number of benzene rings is 1. The smallest absolute Gasteiger partial charge is 0.215 e. The number of rotatable bonds is 5. The molecule has 1 aliphatic rings. The van der Waals surface area contributed by atoms with E-state index in [2.05, 4.69) is 10.0 Å². The van der Waals surface area contributed by atoms with Gasteiger partial charge < -0.3 is 5.32 Å². The summed E-state index contributed by atoms with van der Waals surface area (Å²) in [5.41, 5.74) is 0.960. The largest absolute Gasteiger partial charge is 0.316 e. The molecule has 0 bridgehead atoms. The van der Waals surface area contributed by atoms with Crippen molar-refractivity contribution in [3.63, 3.8) is 0 Å². The van der Waals surface area contributed by atoms with E-state index >= 15 is 0 Å². The number of hydrogen-bond acceptors (Lipinski definition) is 4. The lowest BCUT2D eigenvalue weighted by molar-refractivity contribution is 0.376. The Kier molecular flexibility index (Phi) is 5.12. The molecule has 2 rings (SSSR count). The lowest BCUT2D eigenvalue weighted by Gasteiger charge is -2.22. The first-order valence-corrected chi connectivity index (χ1v) is 8.42. The summed E-state index contributed by atoms with van der Waals surface area (Å²) in [5, 5.41) is 12.2. The zero-order chi connectivity index (χ0) is 14.4. The molecule has 1 saturated heterocycles. The molecule has 6 heteroatoms. The second kappa shape index (κ2) is 6.84. The molecule has 0 aliphatic carbocycles. The van der Waals surface area contributed by atoms with Crippen LogP contribution >= 0.6 is 0 Å². The fraction of sp³-hybridized carbons (Fsp3) is 0.500. The van der Waals surface area contributed by atoms with Crippen molar-refractivity contribution >= 4 is 10.0 Å². The summed E-state index contributed by atoms with van der Waals surface area (Å²) in [4.78, 5) is 0. The van der Waals surface area contributed by atoms with Gasteiger partial charge in [0.25, 0.3) is 0 Å². The number of nitriles is 1. The van der Waals surface area contributed by atoms with Gasteiger partial charge in [0.15, 0.2) is 0 Å². The predicted molar refractivity (Wildman–Crippen MR) is 77.4 cm³/mol. The molecule has 0 amide bonds. The van der Waals surface area contributed by atoms with Crippen molar-refractivity contribution in [2.24, 2.45) is 5.92 Å². The van der Waals surface area contributed by atoms with Crippen molar-refractivity contribution in [3.05, 3.63) is 35.4 Å². The lowest BCUT2D eigenvalue weighted by Crippen LogP contribution is -2.38. The van der Waals surface area contributed by atoms with Crippen molar-refractivity contribution in [1.82, 2.24) is 10.0 Å². The Morgan fingerprint density at radius 1 is 1.40 bits per heavy atom. The molecule has 0 radical (unpaired) electrons. The monoisotopic (exact) mass is 293 g/mol. The van der Waals surface area contributed by atoms with Crippen LogP contribution in [0.4, 0.5) is 0 Å². The highest BCUT2D eigenvalue weighted by Gasteiger charge is 2.18. The number of nitrogens with zero attached hydrogens (tertiary/aromatic N) is 1. The fourth-order valence-electron chi connectivity index (χ4n) is 2.35. The molecule has 1 unspecified atom stereocenters. The molecular weight excluding hydrogens is 274 g/mol. The van der Waals surface area contributed by atoms with Crippen molar-refractivity contribution in [1.29, 1.82) is 5.26 Å². The Hall–Kier alpha value is -1.42. The second-order valence-corrected chi connectivity index (χ2v) is 6.90. The van der Waals surface area contributed by atoms with Crippen LogP contribution in [0.5, 0.6) is 0 Å². The van der Waals surface area contributed by atoms with Gasteiger partial charge in [-0.15, -0.1) is 0 Å². The normalized spacial score (nSPS) is 19.4. The van der Waals surface area contributed by atoms with Crippen LogP contribution in [0.1, 0.15) is 24.0 Å². The van der Waals surface area contributed by atoms with E-state index in [0.717, 1.165) is 25.9 Å². The van der Waals surface area contributed by atoms with Crippen molar-refractivity contribution in [3.8, 4) is 6.07 Å². The van der Waals surface area contributed by atoms with Gasteiger partial charge in [0, 0.05) is 6.54 Å². The molecule has 0 saturated carbocycles. The summed E-state index contributed by atoms with van der Waals surface area (Å²) in [6, 6.07) is 8.82. The van der Waals surface area contributed by atoms with Gasteiger partial charge >= 0.3 is 0 Å². The third kappa shape index (κ3) is 4.30. The number of nitrogens with one attached hydrogen (secondary N) is 2. The van der Waals surface area contributed by atoms with Crippen molar-refractivity contribution < 1.29 is 8.42 Å². The first-order chi connectivity index (χ1) is 9.61. The molecular formula is C14H19N3O2S. The van der Waals surface area contributed by atoms with E-state index in [-0.39, 0.29) is 5.75 Å². The van der Waals surface area contributed by atoms with Crippen LogP contribution in [-0.2, 0) is 15.8 Å². The highest BCUT2D eigenvalue weighted by molar-refractivity contribution is 7.88. The van der Waals surface area contributed by atoms with E-state index in [1.165, 1.54) is 0 Å². The Balaban J connectivity index is 1.95. The number of hydrogen-bond donors (Lipinski definition) is 2. The van der Waals surface area contributed by atoms with Crippen LogP contribution in [0.2, 0.25) is 0 Å². The Morgan fingerprint density at radius 2 is 2.20 bits per heavy atom. The third-order valence-corrected chi connectivity index (χ3v) is 4.77. The molecule has 1 aromatic carbocycles. The van der Waals surface area contributed by atoms with E-state index in [1.54, 1.807) is 24.3 Å². The second-order valence-electron chi connectivity index (χ2n) is 5.09. The number of piperidine rings is 1. The first kappa shape index (κ1) is 15.0. The molecule has 20 heavy (non-hydrogen) atoms. The minimum atomic E-state index is -3.40. The number of sulfonamides is 1. The molecule has 1 aromatic rings. The average Bonchev–Trinajstić information content (AvgIpc) is 2.47. The molecule has 1 aliphatic heterocycles. The molecule has 1 atom stereocenters. The van der Waals surface area contributed by atoms with Crippen LogP contribution in [0.15, 0.2) is 24.3 Å². The first-order valence-electron chi connectivity index (χ1n) is 6.77. The summed E-state index contributed by atoms with van der Waals surface area (Å²) < 4.78 is 26.8. The third-order valence-electron chi connectivity index (χ3n) is 3.47. The SMILES string of the molecule is N#Cc1ccccc1CS(=O)(=O)NCC1CCCNC1. The molecule has 108 valence electrons. The quantitative estimate of drug-likeness (QED) is 0.848. The van der Waals surface area contributed by atoms with Gasteiger partial charge in [-0.25, -0.2) is 13.1 Å². The summed E-state index contributed by atoms with van der Waals surface area (Å²) in [6.07, 6.45) is 2.13. The lowest BCUT2D eigenvalue weighted by atomic mass is 10.0. The van der Waals surface area contributed by atoms with E-state index in [9.17, 15) is 8.42 Å². The van der Waals surface area contributed by atoms with Crippen LogP contribution in [0, 0.1) is 17.2 Å². The molecule has 0 aromatic heterocycles. The molecule has 0 spiro atoms. The fourth-order valence-corrected chi connectivity index (χ4v) is 3.61. The zero-order valence-electron chi connectivity index (χ0n) is 11.3. The maximum absolute atomic E-state index is 12.1. The highest BCUT2D eigenvalue weighted by atomic mass is 32.2. The average molecular weight is 293 g/mol. The summed E-state index contributed by atoms with van der Waals surface area (Å²) in [7, 11) is -3.40. The molecule has 1 fully saturated rings. The van der Waals surface area contributed by atoms with Crippen LogP contribution < -0.4 is 10.0 Å². The summed E-state index contributed by atoms with van der Waals surface area (Å²) in [6.45, 7) is 2.33. The van der Waals surface area contributed by atoms with E-state index in [4.69, 9.17) is 5.26 Å². The Labute approximate surface area is 120 Å². The molecule has 1 heterocycles. The summed E-state index contributed by atoms with van der Waals surface area (Å²) >= 11 is 0. The Morgan fingerprint density at radius 3 is 2.90 bits per heavy atom. The van der Waals surface area contributed by atoms with Crippen LogP contribution in [0.3, 0.4) is 0 Å². The minimum Gasteiger partial charge on any atom is -0.316 e. The van der Waals surface area contributed by atoms with Crippen molar-refractivity contribution in [2.45, 2.75) is 18.6 Å². The van der Waals surface area contributed by atoms with Crippen LogP contribution in [-0.4, -0.2) is 28.1 Å². The highest BCUT2D eigenvalue weighted by Crippen LogP contribution is 2.12. The van der Waals surface area contributed by atoms with E-state index < -0.39 is 10.0 Å². The molecule has 5 nitrogen and oxygen atoms in total. The van der Waals surface area contributed by atoms with E-state index in [0.29, 0.717) is 23.6 Å². The maximum atomic E-state index is 12.1. The molecule has 2 N–H and O–H groups in total. The van der Waals surface area contributed by atoms with Crippen LogP contribution in [0.25, 0.3) is 0 Å². The van der Waals surface area contributed by atoms with Gasteiger partial charge in [0.2, 0.25) is 10.0 Å². The van der Waals surface area contributed by atoms with Gasteiger partial charge in [0.1, 0.15) is 0 Å². The standard InChI is InChI=1S/C14H19N3O2S/c15-8-13-5-1-2-6-14(13)11-20(18,19)17-10-12-4-3-7-16-9-12/h1-2,5-6,12,16-17H,3-4,7,9-11H2. The minimum absolute atomic E-state index is 0.142. The van der Waals surface area contributed by atoms with Gasteiger partial charge in [-0.3, -0.25) is 0 Å². The van der Waals surface area contributed by atoms with Gasteiger partial charge in [-0.05, 0) is 43.5 Å². The predicted octanol–water partition coefficient (Wildman–Crippen LogP) is 0.977. The summed E-state index contributed by atoms with van der Waals surface area (Å²) in [5.74, 6) is 0.210. The Bertz CT molecular complexity index is 587. The van der Waals surface area contributed by atoms with Crippen molar-refractivity contribution in [2.75, 3.05) is 19.6 Å². The van der Waals surface area contributed by atoms with Gasteiger partial charge in [0.05, 0.1) is 17.4 Å². The van der Waals surface area contributed by atoms with E-state index in [1.807, 2.05) is 6.07 Å². The topological polar surface area (TPSA) is 82.0 Å². The van der Waals surface area contributed by atoms with Gasteiger partial charge in [-0.1, -0.05) is 18.2 Å².